The van der Waals surface area contributed by atoms with Crippen molar-refractivity contribution in [3.8, 4) is 0 Å². The molecule has 0 aromatic heterocycles. The molecule has 0 aromatic rings. The smallest absolute Gasteiger partial charge is 0.234 e. The van der Waals surface area contributed by atoms with E-state index in [9.17, 15) is 4.79 Å². The van der Waals surface area contributed by atoms with E-state index in [2.05, 4.69) is 16.8 Å². The van der Waals surface area contributed by atoms with Gasteiger partial charge in [0.15, 0.2) is 0 Å². The van der Waals surface area contributed by atoms with Crippen molar-refractivity contribution in [2.45, 2.75) is 38.3 Å². The van der Waals surface area contributed by atoms with Crippen molar-refractivity contribution >= 4 is 5.91 Å². The number of nitrogens with two attached hydrogens (primary N) is 1. The van der Waals surface area contributed by atoms with E-state index in [1.807, 2.05) is 14.0 Å². The molecule has 0 saturated carbocycles. The Balaban J connectivity index is 2.45. The second-order valence-corrected chi connectivity index (χ2v) is 4.54. The van der Waals surface area contributed by atoms with Gasteiger partial charge in [-0.1, -0.05) is 6.92 Å². The van der Waals surface area contributed by atoms with Crippen molar-refractivity contribution in [1.82, 2.24) is 9.80 Å². The van der Waals surface area contributed by atoms with Crippen LogP contribution in [0.25, 0.3) is 0 Å². The highest BCUT2D eigenvalue weighted by Gasteiger charge is 2.26. The number of carbonyl (C=O) groups excluding carboxylic acids is 1. The maximum absolute atomic E-state index is 11.2. The molecule has 2 N–H and O–H groups in total. The maximum atomic E-state index is 11.2. The number of likely N-dealkylation sites (tertiary alicyclic amines) is 1. The largest absolute Gasteiger partial charge is 0.368 e. The molecule has 2 unspecified atom stereocenters. The molecule has 1 saturated heterocycles. The molecule has 1 heterocycles. The van der Waals surface area contributed by atoms with Gasteiger partial charge in [-0.05, 0) is 39.9 Å². The van der Waals surface area contributed by atoms with Crippen LogP contribution in [0.1, 0.15) is 26.2 Å². The number of carbonyl (C=O) groups is 1. The maximum Gasteiger partial charge on any atom is 0.234 e. The minimum atomic E-state index is -0.208. The zero-order chi connectivity index (χ0) is 11.4. The van der Waals surface area contributed by atoms with E-state index < -0.39 is 0 Å². The Hall–Kier alpha value is -0.610. The molecule has 15 heavy (non-hydrogen) atoms. The standard InChI is InChI=1S/C11H23N3O/c1-4-10(11(12)15)14(3)8-9-6-5-7-13(9)2/h9-10H,4-8H2,1-3H3,(H2,12,15). The van der Waals surface area contributed by atoms with Crippen LogP contribution in [0.4, 0.5) is 0 Å². The summed E-state index contributed by atoms with van der Waals surface area (Å²) in [6, 6.07) is 0.474. The van der Waals surface area contributed by atoms with Gasteiger partial charge in [-0.25, -0.2) is 0 Å². The average Bonchev–Trinajstić information content (AvgIpc) is 2.52. The Bertz CT molecular complexity index is 220. The van der Waals surface area contributed by atoms with Crippen molar-refractivity contribution in [3.63, 3.8) is 0 Å². The van der Waals surface area contributed by atoms with Gasteiger partial charge >= 0.3 is 0 Å². The molecule has 88 valence electrons. The van der Waals surface area contributed by atoms with Crippen molar-refractivity contribution < 1.29 is 4.79 Å². The summed E-state index contributed by atoms with van der Waals surface area (Å²) in [6.45, 7) is 4.12. The number of hydrogen-bond acceptors (Lipinski definition) is 3. The number of rotatable bonds is 5. The van der Waals surface area contributed by atoms with Crippen LogP contribution in [0.2, 0.25) is 0 Å². The van der Waals surface area contributed by atoms with Gasteiger partial charge in [-0.2, -0.15) is 0 Å². The number of hydrogen-bond donors (Lipinski definition) is 1. The van der Waals surface area contributed by atoms with Gasteiger partial charge in [0.2, 0.25) is 5.91 Å². The molecular weight excluding hydrogens is 190 g/mol. The van der Waals surface area contributed by atoms with Gasteiger partial charge in [0, 0.05) is 12.6 Å². The highest BCUT2D eigenvalue weighted by atomic mass is 16.1. The Morgan fingerprint density at radius 2 is 2.33 bits per heavy atom. The zero-order valence-electron chi connectivity index (χ0n) is 10.1. The summed E-state index contributed by atoms with van der Waals surface area (Å²) in [6.07, 6.45) is 3.29. The summed E-state index contributed by atoms with van der Waals surface area (Å²) in [5.41, 5.74) is 5.36. The lowest BCUT2D eigenvalue weighted by atomic mass is 10.1. The Kier molecular flexibility index (Phi) is 4.54. The molecule has 1 rings (SSSR count). The first-order valence-electron chi connectivity index (χ1n) is 5.76. The second-order valence-electron chi connectivity index (χ2n) is 4.54. The van der Waals surface area contributed by atoms with E-state index in [-0.39, 0.29) is 11.9 Å². The molecule has 2 atom stereocenters. The lowest BCUT2D eigenvalue weighted by Gasteiger charge is -2.29. The van der Waals surface area contributed by atoms with E-state index >= 15 is 0 Å². The lowest BCUT2D eigenvalue weighted by molar-refractivity contribution is -0.123. The van der Waals surface area contributed by atoms with Gasteiger partial charge in [0.1, 0.15) is 0 Å². The Morgan fingerprint density at radius 3 is 2.73 bits per heavy atom. The lowest BCUT2D eigenvalue weighted by Crippen LogP contribution is -2.47. The second kappa shape index (κ2) is 5.47. The molecule has 4 heteroatoms. The van der Waals surface area contributed by atoms with E-state index in [0.717, 1.165) is 13.0 Å². The summed E-state index contributed by atoms with van der Waals surface area (Å²) >= 11 is 0. The third kappa shape index (κ3) is 3.18. The quantitative estimate of drug-likeness (QED) is 0.713. The Morgan fingerprint density at radius 1 is 1.67 bits per heavy atom. The molecule has 0 spiro atoms. The van der Waals surface area contributed by atoms with Gasteiger partial charge in [-0.15, -0.1) is 0 Å². The molecule has 1 aliphatic heterocycles. The van der Waals surface area contributed by atoms with Crippen molar-refractivity contribution in [1.29, 1.82) is 0 Å². The first kappa shape index (κ1) is 12.5. The van der Waals surface area contributed by atoms with Crippen LogP contribution >= 0.6 is 0 Å². The normalized spacial score (nSPS) is 24.7. The molecule has 4 nitrogen and oxygen atoms in total. The monoisotopic (exact) mass is 213 g/mol. The van der Waals surface area contributed by atoms with E-state index in [4.69, 9.17) is 5.73 Å². The van der Waals surface area contributed by atoms with Crippen LogP contribution in [0.3, 0.4) is 0 Å². The van der Waals surface area contributed by atoms with E-state index in [1.54, 1.807) is 0 Å². The molecular formula is C11H23N3O. The van der Waals surface area contributed by atoms with Crippen LogP contribution in [-0.2, 0) is 4.79 Å². The fourth-order valence-electron chi connectivity index (χ4n) is 2.40. The predicted molar refractivity (Wildman–Crippen MR) is 61.6 cm³/mol. The average molecular weight is 213 g/mol. The Labute approximate surface area is 92.4 Å². The molecule has 0 aliphatic carbocycles. The van der Waals surface area contributed by atoms with Crippen LogP contribution < -0.4 is 5.73 Å². The number of likely N-dealkylation sites (N-methyl/N-ethyl adjacent to an activating group) is 2. The summed E-state index contributed by atoms with van der Waals surface area (Å²) in [7, 11) is 4.14. The molecule has 1 amide bonds. The summed E-state index contributed by atoms with van der Waals surface area (Å²) in [4.78, 5) is 15.7. The topological polar surface area (TPSA) is 49.6 Å². The van der Waals surface area contributed by atoms with Crippen LogP contribution in [-0.4, -0.2) is 55.0 Å². The van der Waals surface area contributed by atoms with Crippen molar-refractivity contribution in [3.05, 3.63) is 0 Å². The fourth-order valence-corrected chi connectivity index (χ4v) is 2.40. The van der Waals surface area contributed by atoms with E-state index in [1.165, 1.54) is 19.4 Å². The third-order valence-electron chi connectivity index (χ3n) is 3.42. The summed E-state index contributed by atoms with van der Waals surface area (Å²) in [5.74, 6) is -0.208. The van der Waals surface area contributed by atoms with Gasteiger partial charge in [0.05, 0.1) is 6.04 Å². The van der Waals surface area contributed by atoms with Crippen LogP contribution in [0, 0.1) is 0 Å². The fraction of sp³-hybridized carbons (Fsp3) is 0.909. The SMILES string of the molecule is CCC(C(N)=O)N(C)CC1CCCN1C. The molecule has 1 fully saturated rings. The van der Waals surface area contributed by atoms with Crippen LogP contribution in [0.15, 0.2) is 0 Å². The van der Waals surface area contributed by atoms with Crippen LogP contribution in [0.5, 0.6) is 0 Å². The van der Waals surface area contributed by atoms with Gasteiger partial charge in [0.25, 0.3) is 0 Å². The molecule has 1 aliphatic rings. The third-order valence-corrected chi connectivity index (χ3v) is 3.42. The summed E-state index contributed by atoms with van der Waals surface area (Å²) < 4.78 is 0. The van der Waals surface area contributed by atoms with Gasteiger partial charge < -0.3 is 10.6 Å². The number of primary amides is 1. The molecule has 0 radical (unpaired) electrons. The minimum absolute atomic E-state index is 0.112. The van der Waals surface area contributed by atoms with Gasteiger partial charge in [-0.3, -0.25) is 9.69 Å². The number of nitrogens with zero attached hydrogens (tertiary/aromatic N) is 2. The number of amides is 1. The first-order chi connectivity index (χ1) is 7.06. The minimum Gasteiger partial charge on any atom is -0.368 e. The summed E-state index contributed by atoms with van der Waals surface area (Å²) in [5, 5.41) is 0. The highest BCUT2D eigenvalue weighted by molar-refractivity contribution is 5.79. The molecule has 0 bridgehead atoms. The zero-order valence-corrected chi connectivity index (χ0v) is 10.1. The van der Waals surface area contributed by atoms with Crippen molar-refractivity contribution in [2.75, 3.05) is 27.2 Å². The predicted octanol–water partition coefficient (Wildman–Crippen LogP) is 0.276. The highest BCUT2D eigenvalue weighted by Crippen LogP contribution is 2.16. The molecule has 0 aromatic carbocycles. The van der Waals surface area contributed by atoms with Crippen molar-refractivity contribution in [2.24, 2.45) is 5.73 Å². The first-order valence-corrected chi connectivity index (χ1v) is 5.76. The van der Waals surface area contributed by atoms with E-state index in [0.29, 0.717) is 6.04 Å².